The van der Waals surface area contributed by atoms with Crippen molar-refractivity contribution in [2.75, 3.05) is 6.54 Å². The van der Waals surface area contributed by atoms with E-state index in [9.17, 15) is 4.79 Å². The molecule has 90 valence electrons. The highest BCUT2D eigenvalue weighted by Gasteiger charge is 2.27. The van der Waals surface area contributed by atoms with Crippen LogP contribution in [0.4, 0.5) is 0 Å². The Hall–Kier alpha value is -1.28. The minimum Gasteiger partial charge on any atom is -0.351 e. The Kier molecular flexibility index (Phi) is 3.85. The van der Waals surface area contributed by atoms with Crippen LogP contribution < -0.4 is 5.32 Å². The molecule has 0 radical (unpaired) electrons. The summed E-state index contributed by atoms with van der Waals surface area (Å²) in [5.74, 6) is -0.0551. The predicted molar refractivity (Wildman–Crippen MR) is 67.6 cm³/mol. The third-order valence-corrected chi connectivity index (χ3v) is 3.17. The number of nitrogens with one attached hydrogen (secondary N) is 1. The molecule has 1 aliphatic rings. The van der Waals surface area contributed by atoms with E-state index in [4.69, 9.17) is 5.26 Å². The predicted octanol–water partition coefficient (Wildman–Crippen LogP) is 2.62. The van der Waals surface area contributed by atoms with Gasteiger partial charge in [-0.1, -0.05) is 0 Å². The van der Waals surface area contributed by atoms with E-state index < -0.39 is 0 Å². The van der Waals surface area contributed by atoms with Crippen LogP contribution in [0.15, 0.2) is 16.7 Å². The summed E-state index contributed by atoms with van der Waals surface area (Å²) in [5.41, 5.74) is 0.705. The number of halogens is 1. The number of aromatic nitrogens is 1. The lowest BCUT2D eigenvalue weighted by molar-refractivity contribution is 0.0944. The smallest absolute Gasteiger partial charge is 0.267 e. The second-order valence-corrected chi connectivity index (χ2v) is 5.12. The Bertz CT molecular complexity index is 457. The van der Waals surface area contributed by atoms with Crippen LogP contribution >= 0.6 is 15.9 Å². The Morgan fingerprint density at radius 3 is 3.06 bits per heavy atom. The Balaban J connectivity index is 1.96. The molecule has 1 aliphatic carbocycles. The first-order valence-corrected chi connectivity index (χ1v) is 6.54. The van der Waals surface area contributed by atoms with Gasteiger partial charge in [0.1, 0.15) is 5.69 Å². The molecule has 1 N–H and O–H groups in total. The Labute approximate surface area is 109 Å². The molecule has 1 aromatic heterocycles. The van der Waals surface area contributed by atoms with E-state index in [0.29, 0.717) is 31.1 Å². The highest BCUT2D eigenvalue weighted by Crippen LogP contribution is 2.37. The fourth-order valence-electron chi connectivity index (χ4n) is 1.74. The van der Waals surface area contributed by atoms with Gasteiger partial charge in [0.15, 0.2) is 0 Å². The van der Waals surface area contributed by atoms with Crippen molar-refractivity contribution < 1.29 is 4.79 Å². The summed E-state index contributed by atoms with van der Waals surface area (Å²) < 4.78 is 2.97. The van der Waals surface area contributed by atoms with Gasteiger partial charge in [-0.3, -0.25) is 4.79 Å². The van der Waals surface area contributed by atoms with Gasteiger partial charge in [0.05, 0.1) is 6.07 Å². The average Bonchev–Trinajstić information content (AvgIpc) is 3.08. The molecule has 0 saturated heterocycles. The largest absolute Gasteiger partial charge is 0.351 e. The summed E-state index contributed by atoms with van der Waals surface area (Å²) in [5, 5.41) is 11.2. The maximum atomic E-state index is 11.9. The maximum Gasteiger partial charge on any atom is 0.267 e. The quantitative estimate of drug-likeness (QED) is 0.849. The molecule has 0 spiro atoms. The Morgan fingerprint density at radius 2 is 2.41 bits per heavy atom. The van der Waals surface area contributed by atoms with E-state index in [2.05, 4.69) is 27.3 Å². The van der Waals surface area contributed by atoms with Crippen LogP contribution in [0.1, 0.15) is 42.2 Å². The fraction of sp³-hybridized carbons (Fsp3) is 0.500. The fourth-order valence-corrected chi connectivity index (χ4v) is 2.18. The molecule has 1 heterocycles. The molecule has 0 aliphatic heterocycles. The van der Waals surface area contributed by atoms with Gasteiger partial charge in [-0.25, -0.2) is 0 Å². The van der Waals surface area contributed by atoms with Gasteiger partial charge in [-0.15, -0.1) is 0 Å². The van der Waals surface area contributed by atoms with Crippen LogP contribution in [0.25, 0.3) is 0 Å². The second-order valence-electron chi connectivity index (χ2n) is 4.20. The Morgan fingerprint density at radius 1 is 1.65 bits per heavy atom. The van der Waals surface area contributed by atoms with Crippen molar-refractivity contribution in [3.63, 3.8) is 0 Å². The van der Waals surface area contributed by atoms with Crippen molar-refractivity contribution in [2.24, 2.45) is 0 Å². The van der Waals surface area contributed by atoms with E-state index >= 15 is 0 Å². The van der Waals surface area contributed by atoms with E-state index in [0.717, 1.165) is 17.3 Å². The van der Waals surface area contributed by atoms with Crippen molar-refractivity contribution in [3.05, 3.63) is 22.4 Å². The minimum absolute atomic E-state index is 0.0551. The molecule has 1 amide bonds. The van der Waals surface area contributed by atoms with Gasteiger partial charge >= 0.3 is 0 Å². The number of nitriles is 1. The summed E-state index contributed by atoms with van der Waals surface area (Å²) in [7, 11) is 0. The van der Waals surface area contributed by atoms with E-state index in [1.807, 2.05) is 16.8 Å². The van der Waals surface area contributed by atoms with Crippen molar-refractivity contribution in [3.8, 4) is 6.07 Å². The van der Waals surface area contributed by atoms with E-state index in [1.54, 1.807) is 0 Å². The van der Waals surface area contributed by atoms with Crippen LogP contribution in [-0.4, -0.2) is 17.0 Å². The number of unbranched alkanes of at least 4 members (excludes halogenated alkanes) is 1. The molecular weight excluding hydrogens is 282 g/mol. The van der Waals surface area contributed by atoms with Gasteiger partial charge < -0.3 is 9.88 Å². The van der Waals surface area contributed by atoms with Gasteiger partial charge in [0.25, 0.3) is 5.91 Å². The number of carbonyl (C=O) groups excluding carboxylic acids is 1. The molecule has 4 nitrogen and oxygen atoms in total. The standard InChI is InChI=1S/C12H14BrN3O/c13-9-7-11(16(8-9)10-3-4-10)12(17)15-6-2-1-5-14/h7-8,10H,1-4,6H2,(H,15,17). The van der Waals surface area contributed by atoms with Gasteiger partial charge in [-0.05, 0) is 41.3 Å². The topological polar surface area (TPSA) is 57.8 Å². The molecular formula is C12H14BrN3O. The molecule has 1 saturated carbocycles. The molecule has 0 bridgehead atoms. The van der Waals surface area contributed by atoms with Gasteiger partial charge in [-0.2, -0.15) is 5.26 Å². The lowest BCUT2D eigenvalue weighted by Gasteiger charge is -2.07. The van der Waals surface area contributed by atoms with Crippen LogP contribution in [0.2, 0.25) is 0 Å². The molecule has 2 rings (SSSR count). The number of carbonyl (C=O) groups is 1. The average molecular weight is 296 g/mol. The van der Waals surface area contributed by atoms with Crippen LogP contribution in [0, 0.1) is 11.3 Å². The van der Waals surface area contributed by atoms with Crippen LogP contribution in [-0.2, 0) is 0 Å². The lowest BCUT2D eigenvalue weighted by atomic mass is 10.3. The highest BCUT2D eigenvalue weighted by molar-refractivity contribution is 9.10. The number of hydrogen-bond acceptors (Lipinski definition) is 2. The third-order valence-electron chi connectivity index (χ3n) is 2.74. The lowest BCUT2D eigenvalue weighted by Crippen LogP contribution is -2.26. The molecule has 1 aromatic rings. The van der Waals surface area contributed by atoms with E-state index in [-0.39, 0.29) is 5.91 Å². The summed E-state index contributed by atoms with van der Waals surface area (Å²) in [4.78, 5) is 11.9. The zero-order valence-electron chi connectivity index (χ0n) is 9.45. The zero-order valence-corrected chi connectivity index (χ0v) is 11.0. The number of nitrogens with zero attached hydrogens (tertiary/aromatic N) is 2. The summed E-state index contributed by atoms with van der Waals surface area (Å²) >= 11 is 3.40. The molecule has 1 fully saturated rings. The SMILES string of the molecule is N#CCCCNC(=O)c1cc(Br)cn1C1CC1. The van der Waals surface area contributed by atoms with Crippen molar-refractivity contribution in [2.45, 2.75) is 31.7 Å². The first-order chi connectivity index (χ1) is 8.22. The highest BCUT2D eigenvalue weighted by atomic mass is 79.9. The van der Waals surface area contributed by atoms with Crippen molar-refractivity contribution in [1.29, 1.82) is 5.26 Å². The second kappa shape index (κ2) is 5.37. The number of rotatable bonds is 5. The summed E-state index contributed by atoms with van der Waals surface area (Å²) in [6, 6.07) is 4.39. The van der Waals surface area contributed by atoms with Crippen molar-refractivity contribution >= 4 is 21.8 Å². The first kappa shape index (κ1) is 12.2. The van der Waals surface area contributed by atoms with Crippen molar-refractivity contribution in [1.82, 2.24) is 9.88 Å². The van der Waals surface area contributed by atoms with Gasteiger partial charge in [0, 0.05) is 29.7 Å². The number of hydrogen-bond donors (Lipinski definition) is 1. The summed E-state index contributed by atoms with van der Waals surface area (Å²) in [6.45, 7) is 0.555. The molecule has 0 unspecified atom stereocenters. The maximum absolute atomic E-state index is 11.9. The van der Waals surface area contributed by atoms with E-state index in [1.165, 1.54) is 0 Å². The zero-order chi connectivity index (χ0) is 12.3. The minimum atomic E-state index is -0.0551. The normalized spacial score (nSPS) is 14.4. The number of amides is 1. The molecule has 5 heteroatoms. The van der Waals surface area contributed by atoms with Crippen LogP contribution in [0.3, 0.4) is 0 Å². The summed E-state index contributed by atoms with van der Waals surface area (Å²) in [6.07, 6.45) is 5.44. The van der Waals surface area contributed by atoms with Gasteiger partial charge in [0.2, 0.25) is 0 Å². The first-order valence-electron chi connectivity index (χ1n) is 5.75. The van der Waals surface area contributed by atoms with Crippen LogP contribution in [0.5, 0.6) is 0 Å². The molecule has 0 aromatic carbocycles. The third kappa shape index (κ3) is 3.10. The molecule has 0 atom stereocenters. The molecule has 17 heavy (non-hydrogen) atoms. The monoisotopic (exact) mass is 295 g/mol.